The van der Waals surface area contributed by atoms with Crippen LogP contribution in [0.25, 0.3) is 11.2 Å². The normalized spacial score (nSPS) is 28.1. The molecule has 0 amide bonds. The molecule has 2 aromatic rings. The van der Waals surface area contributed by atoms with Gasteiger partial charge in [0.15, 0.2) is 17.0 Å². The van der Waals surface area contributed by atoms with Crippen molar-refractivity contribution in [1.82, 2.24) is 19.5 Å². The molecule has 3 atom stereocenters. The highest BCUT2D eigenvalue weighted by atomic mass is 16.5. The second kappa shape index (κ2) is 4.54. The molecule has 114 valence electrons. The van der Waals surface area contributed by atoms with Gasteiger partial charge in [-0.05, 0) is 6.92 Å². The summed E-state index contributed by atoms with van der Waals surface area (Å²) >= 11 is 0. The van der Waals surface area contributed by atoms with Crippen LogP contribution in [0.4, 0.5) is 11.8 Å². The Bertz CT molecular complexity index is 683. The van der Waals surface area contributed by atoms with Crippen LogP contribution in [0.3, 0.4) is 0 Å². The quantitative estimate of drug-likeness (QED) is 0.749. The van der Waals surface area contributed by atoms with Gasteiger partial charge in [-0.2, -0.15) is 9.97 Å². The van der Waals surface area contributed by atoms with Crippen molar-refractivity contribution in [2.24, 2.45) is 5.41 Å². The lowest BCUT2D eigenvalue weighted by molar-refractivity contribution is -0.0226. The van der Waals surface area contributed by atoms with Gasteiger partial charge in [0.25, 0.3) is 0 Å². The number of nitrogens with one attached hydrogen (secondary N) is 1. The lowest BCUT2D eigenvalue weighted by atomic mass is 9.85. The fourth-order valence-corrected chi connectivity index (χ4v) is 2.91. The number of nitrogens with two attached hydrogens (primary N) is 1. The number of hydrogen-bond donors (Lipinski definition) is 3. The monoisotopic (exact) mass is 292 g/mol. The first-order valence-corrected chi connectivity index (χ1v) is 6.87. The summed E-state index contributed by atoms with van der Waals surface area (Å²) in [6, 6.07) is 0. The maximum Gasteiger partial charge on any atom is 0.224 e. The van der Waals surface area contributed by atoms with E-state index in [4.69, 9.17) is 10.5 Å². The average molecular weight is 292 g/mol. The molecule has 0 radical (unpaired) electrons. The molecule has 3 rings (SSSR count). The van der Waals surface area contributed by atoms with E-state index in [0.29, 0.717) is 17.0 Å². The van der Waals surface area contributed by atoms with E-state index in [9.17, 15) is 5.11 Å². The molecule has 1 saturated heterocycles. The van der Waals surface area contributed by atoms with Crippen molar-refractivity contribution in [2.45, 2.75) is 39.2 Å². The van der Waals surface area contributed by atoms with Gasteiger partial charge < -0.3 is 20.9 Å². The minimum Gasteiger partial charge on any atom is -0.390 e. The van der Waals surface area contributed by atoms with E-state index in [1.54, 1.807) is 17.9 Å². The Morgan fingerprint density at radius 3 is 2.71 bits per heavy atom. The molecule has 0 aromatic carbocycles. The van der Waals surface area contributed by atoms with E-state index in [-0.39, 0.29) is 18.3 Å². The van der Waals surface area contributed by atoms with E-state index in [2.05, 4.69) is 20.3 Å². The van der Waals surface area contributed by atoms with E-state index in [0.717, 1.165) is 0 Å². The number of imidazole rings is 1. The van der Waals surface area contributed by atoms with Gasteiger partial charge in [0, 0.05) is 12.5 Å². The summed E-state index contributed by atoms with van der Waals surface area (Å²) in [7, 11) is 1.75. The molecule has 1 fully saturated rings. The summed E-state index contributed by atoms with van der Waals surface area (Å²) < 4.78 is 7.71. The molecule has 4 N–H and O–H groups in total. The van der Waals surface area contributed by atoms with Crippen LogP contribution in [-0.2, 0) is 4.74 Å². The third-order valence-corrected chi connectivity index (χ3v) is 4.12. The third kappa shape index (κ3) is 1.94. The number of fused-ring (bicyclic) bond motifs is 1. The van der Waals surface area contributed by atoms with Crippen LogP contribution >= 0.6 is 0 Å². The van der Waals surface area contributed by atoms with Gasteiger partial charge in [-0.1, -0.05) is 13.8 Å². The van der Waals surface area contributed by atoms with E-state index in [1.165, 1.54) is 0 Å². The maximum absolute atomic E-state index is 10.3. The second-order valence-corrected chi connectivity index (χ2v) is 5.96. The Hall–Kier alpha value is -1.93. The van der Waals surface area contributed by atoms with Crippen molar-refractivity contribution in [3.8, 4) is 0 Å². The number of aliphatic hydroxyl groups is 1. The Morgan fingerprint density at radius 2 is 2.14 bits per heavy atom. The fourth-order valence-electron chi connectivity index (χ4n) is 2.91. The van der Waals surface area contributed by atoms with Crippen molar-refractivity contribution in [1.29, 1.82) is 0 Å². The SMILES string of the molecule is CNc1nc(N)nc2c1ncn2[C@@H]1O[C@H](C)[C@@H](O)C1(C)C. The fraction of sp³-hybridized carbons (Fsp3) is 0.615. The maximum atomic E-state index is 10.3. The summed E-state index contributed by atoms with van der Waals surface area (Å²) in [6.07, 6.45) is 0.455. The number of rotatable bonds is 2. The molecule has 8 nitrogen and oxygen atoms in total. The molecular weight excluding hydrogens is 272 g/mol. The topological polar surface area (TPSA) is 111 Å². The van der Waals surface area contributed by atoms with Crippen molar-refractivity contribution < 1.29 is 9.84 Å². The van der Waals surface area contributed by atoms with Crippen molar-refractivity contribution in [3.63, 3.8) is 0 Å². The number of aliphatic hydroxyl groups excluding tert-OH is 1. The van der Waals surface area contributed by atoms with Crippen LogP contribution in [0, 0.1) is 5.41 Å². The summed E-state index contributed by atoms with van der Waals surface area (Å²) in [5, 5.41) is 13.2. The summed E-state index contributed by atoms with van der Waals surface area (Å²) in [5.74, 6) is 0.735. The zero-order chi connectivity index (χ0) is 15.4. The Morgan fingerprint density at radius 1 is 1.43 bits per heavy atom. The number of nitrogens with zero attached hydrogens (tertiary/aromatic N) is 4. The van der Waals surface area contributed by atoms with Crippen LogP contribution in [0.2, 0.25) is 0 Å². The molecule has 0 saturated carbocycles. The highest BCUT2D eigenvalue weighted by Gasteiger charge is 2.49. The Balaban J connectivity index is 2.16. The smallest absolute Gasteiger partial charge is 0.224 e. The zero-order valence-electron chi connectivity index (χ0n) is 12.5. The minimum atomic E-state index is -0.567. The predicted molar refractivity (Wildman–Crippen MR) is 78.7 cm³/mol. The average Bonchev–Trinajstić information content (AvgIpc) is 2.92. The summed E-state index contributed by atoms with van der Waals surface area (Å²) in [6.45, 7) is 5.77. The van der Waals surface area contributed by atoms with Crippen molar-refractivity contribution in [2.75, 3.05) is 18.1 Å². The number of nitrogen functional groups attached to an aromatic ring is 1. The van der Waals surface area contributed by atoms with Crippen LogP contribution in [-0.4, -0.2) is 43.9 Å². The first kappa shape index (κ1) is 14.0. The molecule has 0 aliphatic carbocycles. The first-order valence-electron chi connectivity index (χ1n) is 6.87. The van der Waals surface area contributed by atoms with Crippen LogP contribution in [0.5, 0.6) is 0 Å². The van der Waals surface area contributed by atoms with Gasteiger partial charge in [-0.25, -0.2) is 4.98 Å². The lowest BCUT2D eigenvalue weighted by Crippen LogP contribution is -2.33. The molecule has 1 aliphatic heterocycles. The summed E-state index contributed by atoms with van der Waals surface area (Å²) in [5.41, 5.74) is 6.50. The lowest BCUT2D eigenvalue weighted by Gasteiger charge is -2.28. The third-order valence-electron chi connectivity index (χ3n) is 4.12. The Kier molecular flexibility index (Phi) is 3.03. The first-order chi connectivity index (χ1) is 9.86. The molecule has 1 aliphatic rings. The predicted octanol–water partition coefficient (Wildman–Crippen LogP) is 0.755. The van der Waals surface area contributed by atoms with Crippen LogP contribution < -0.4 is 11.1 Å². The van der Waals surface area contributed by atoms with E-state index < -0.39 is 11.5 Å². The zero-order valence-corrected chi connectivity index (χ0v) is 12.5. The van der Waals surface area contributed by atoms with E-state index >= 15 is 0 Å². The highest BCUT2D eigenvalue weighted by Crippen LogP contribution is 2.45. The van der Waals surface area contributed by atoms with Gasteiger partial charge in [-0.3, -0.25) is 4.57 Å². The number of anilines is 2. The summed E-state index contributed by atoms with van der Waals surface area (Å²) in [4.78, 5) is 12.7. The minimum absolute atomic E-state index is 0.165. The molecule has 3 heterocycles. The molecule has 0 spiro atoms. The molecular formula is C13H20N6O2. The molecule has 0 bridgehead atoms. The van der Waals surface area contributed by atoms with E-state index in [1.807, 2.05) is 20.8 Å². The van der Waals surface area contributed by atoms with Crippen LogP contribution in [0.1, 0.15) is 27.0 Å². The molecule has 8 heteroatoms. The standard InChI is InChI=1S/C13H20N6O2/c1-6-8(20)13(2,3)11(21-6)19-5-16-7-9(15-4)17-12(14)18-10(7)19/h5-6,8,11,20H,1-4H3,(H3,14,15,17,18)/t6-,8-,11-/m1/s1. The second-order valence-electron chi connectivity index (χ2n) is 5.96. The number of aromatic nitrogens is 4. The van der Waals surface area contributed by atoms with Crippen molar-refractivity contribution in [3.05, 3.63) is 6.33 Å². The molecule has 21 heavy (non-hydrogen) atoms. The molecule has 2 aromatic heterocycles. The van der Waals surface area contributed by atoms with Crippen molar-refractivity contribution >= 4 is 22.9 Å². The number of hydrogen-bond acceptors (Lipinski definition) is 7. The Labute approximate surface area is 122 Å². The highest BCUT2D eigenvalue weighted by molar-refractivity contribution is 5.84. The molecule has 0 unspecified atom stereocenters. The largest absolute Gasteiger partial charge is 0.390 e. The van der Waals surface area contributed by atoms with Gasteiger partial charge in [0.05, 0.1) is 18.5 Å². The van der Waals surface area contributed by atoms with Gasteiger partial charge >= 0.3 is 0 Å². The van der Waals surface area contributed by atoms with Gasteiger partial charge in [0.1, 0.15) is 6.23 Å². The number of ether oxygens (including phenoxy) is 1. The van der Waals surface area contributed by atoms with Gasteiger partial charge in [0.2, 0.25) is 5.95 Å². The van der Waals surface area contributed by atoms with Gasteiger partial charge in [-0.15, -0.1) is 0 Å². The van der Waals surface area contributed by atoms with Crippen LogP contribution in [0.15, 0.2) is 6.33 Å².